The lowest BCUT2D eigenvalue weighted by molar-refractivity contribution is 0.0733. The Morgan fingerprint density at radius 1 is 1.00 bits per heavy atom. The lowest BCUT2D eigenvalue weighted by Crippen LogP contribution is -2.29. The Morgan fingerprint density at radius 3 is 2.27 bits per heavy atom. The number of rotatable bonds is 10. The quantitative estimate of drug-likeness (QED) is 0.321. The Hall–Kier alpha value is -3.39. The molecule has 0 saturated heterocycles. The van der Waals surface area contributed by atoms with Crippen molar-refractivity contribution in [3.63, 3.8) is 0 Å². The predicted octanol–water partition coefficient (Wildman–Crippen LogP) is 3.34. The van der Waals surface area contributed by atoms with Gasteiger partial charge < -0.3 is 29.7 Å². The Morgan fingerprint density at radius 2 is 1.67 bits per heavy atom. The number of nitrogens with one attached hydrogen (secondary N) is 1. The van der Waals surface area contributed by atoms with Gasteiger partial charge in [-0.3, -0.25) is 0 Å². The van der Waals surface area contributed by atoms with Crippen LogP contribution in [0.25, 0.3) is 11.1 Å². The molecule has 0 aliphatic carbocycles. The van der Waals surface area contributed by atoms with Crippen LogP contribution >= 0.6 is 0 Å². The van der Waals surface area contributed by atoms with E-state index < -0.39 is 12.1 Å². The number of esters is 1. The molecule has 0 aliphatic heterocycles. The summed E-state index contributed by atoms with van der Waals surface area (Å²) < 4.78 is 16.6. The summed E-state index contributed by atoms with van der Waals surface area (Å²) in [5.74, 6) is 0.750. The summed E-state index contributed by atoms with van der Waals surface area (Å²) >= 11 is 0. The first-order chi connectivity index (χ1) is 16.0. The fourth-order valence-corrected chi connectivity index (χ4v) is 3.57. The van der Waals surface area contributed by atoms with Crippen molar-refractivity contribution in [3.05, 3.63) is 77.4 Å². The second-order valence-electron chi connectivity index (χ2n) is 7.51. The molecular weight excluding hydrogens is 422 g/mol. The van der Waals surface area contributed by atoms with Gasteiger partial charge in [-0.1, -0.05) is 42.5 Å². The van der Waals surface area contributed by atoms with E-state index >= 15 is 0 Å². The summed E-state index contributed by atoms with van der Waals surface area (Å²) in [5.41, 5.74) is 3.99. The minimum absolute atomic E-state index is 0.205. The summed E-state index contributed by atoms with van der Waals surface area (Å²) in [5, 5.41) is 21.5. The van der Waals surface area contributed by atoms with Crippen LogP contribution in [-0.4, -0.2) is 49.7 Å². The zero-order valence-corrected chi connectivity index (χ0v) is 19.0. The maximum absolute atomic E-state index is 13.0. The van der Waals surface area contributed by atoms with E-state index in [0.29, 0.717) is 29.2 Å². The van der Waals surface area contributed by atoms with Crippen LogP contribution in [0.4, 0.5) is 0 Å². The van der Waals surface area contributed by atoms with Crippen LogP contribution in [0.15, 0.2) is 60.7 Å². The molecule has 3 aromatic rings. The molecule has 174 valence electrons. The highest BCUT2D eigenvalue weighted by atomic mass is 16.5. The van der Waals surface area contributed by atoms with Gasteiger partial charge in [0.25, 0.3) is 0 Å². The molecule has 33 heavy (non-hydrogen) atoms. The van der Waals surface area contributed by atoms with Crippen LogP contribution in [0.1, 0.15) is 21.5 Å². The number of aliphatic hydroxyl groups is 2. The highest BCUT2D eigenvalue weighted by Gasteiger charge is 2.18. The first kappa shape index (κ1) is 24.3. The second kappa shape index (κ2) is 11.5. The maximum atomic E-state index is 13.0. The minimum Gasteiger partial charge on any atom is -0.496 e. The molecule has 0 amide bonds. The fraction of sp³-hybridized carbons (Fsp3) is 0.269. The molecule has 0 saturated carbocycles. The highest BCUT2D eigenvalue weighted by Crippen LogP contribution is 2.35. The first-order valence-electron chi connectivity index (χ1n) is 10.6. The van der Waals surface area contributed by atoms with E-state index in [1.165, 1.54) is 14.2 Å². The van der Waals surface area contributed by atoms with Gasteiger partial charge in [0.15, 0.2) is 0 Å². The topological polar surface area (TPSA) is 97.3 Å². The van der Waals surface area contributed by atoms with Crippen molar-refractivity contribution in [2.45, 2.75) is 19.6 Å². The molecule has 3 aromatic carbocycles. The summed E-state index contributed by atoms with van der Waals surface area (Å²) in [6, 6.07) is 18.7. The smallest absolute Gasteiger partial charge is 0.343 e. The summed E-state index contributed by atoms with van der Waals surface area (Å²) in [6.07, 6.45) is -0.864. The molecule has 0 radical (unpaired) electrons. The van der Waals surface area contributed by atoms with Crippen LogP contribution in [-0.2, 0) is 6.54 Å². The maximum Gasteiger partial charge on any atom is 0.343 e. The van der Waals surface area contributed by atoms with E-state index in [0.717, 1.165) is 16.7 Å². The van der Waals surface area contributed by atoms with Gasteiger partial charge >= 0.3 is 5.97 Å². The third-order valence-electron chi connectivity index (χ3n) is 5.32. The van der Waals surface area contributed by atoms with Crippen LogP contribution in [0, 0.1) is 6.92 Å². The Bertz CT molecular complexity index is 1060. The number of benzene rings is 3. The van der Waals surface area contributed by atoms with E-state index in [9.17, 15) is 9.90 Å². The zero-order valence-electron chi connectivity index (χ0n) is 19.0. The van der Waals surface area contributed by atoms with Crippen LogP contribution in [0.3, 0.4) is 0 Å². The van der Waals surface area contributed by atoms with Crippen molar-refractivity contribution in [2.75, 3.05) is 27.4 Å². The van der Waals surface area contributed by atoms with Crippen molar-refractivity contribution in [2.24, 2.45) is 0 Å². The summed E-state index contributed by atoms with van der Waals surface area (Å²) in [6.45, 7) is 2.10. The number of hydrogen-bond acceptors (Lipinski definition) is 7. The van der Waals surface area contributed by atoms with Crippen molar-refractivity contribution in [1.29, 1.82) is 0 Å². The van der Waals surface area contributed by atoms with Gasteiger partial charge in [-0.25, -0.2) is 4.79 Å². The molecule has 7 heteroatoms. The van der Waals surface area contributed by atoms with E-state index in [1.54, 1.807) is 18.2 Å². The van der Waals surface area contributed by atoms with Crippen molar-refractivity contribution in [1.82, 2.24) is 5.32 Å². The monoisotopic (exact) mass is 451 g/mol. The SMILES string of the molecule is COc1cc(OC(=O)c2cccc(-c3ccccc3)c2C)cc(OC)c1CNCC(O)CO. The van der Waals surface area contributed by atoms with Crippen LogP contribution < -0.4 is 19.5 Å². The molecule has 3 N–H and O–H groups in total. The lowest BCUT2D eigenvalue weighted by Gasteiger charge is -2.17. The average molecular weight is 452 g/mol. The molecular formula is C26H29NO6. The van der Waals surface area contributed by atoms with E-state index in [4.69, 9.17) is 19.3 Å². The van der Waals surface area contributed by atoms with Crippen LogP contribution in [0.5, 0.6) is 17.2 Å². The van der Waals surface area contributed by atoms with Crippen molar-refractivity contribution < 1.29 is 29.2 Å². The molecule has 7 nitrogen and oxygen atoms in total. The van der Waals surface area contributed by atoms with Crippen molar-refractivity contribution >= 4 is 5.97 Å². The highest BCUT2D eigenvalue weighted by molar-refractivity contribution is 5.95. The van der Waals surface area contributed by atoms with Crippen LogP contribution in [0.2, 0.25) is 0 Å². The standard InChI is InChI=1S/C26H29NO6/c1-17-21(18-8-5-4-6-9-18)10-7-11-22(17)26(30)33-20-12-24(31-2)23(25(13-20)32-3)15-27-14-19(29)16-28/h4-13,19,27-29H,14-16H2,1-3H3. The molecule has 0 bridgehead atoms. The fourth-order valence-electron chi connectivity index (χ4n) is 3.57. The molecule has 1 atom stereocenters. The van der Waals surface area contributed by atoms with Gasteiger partial charge in [0.1, 0.15) is 17.2 Å². The Balaban J connectivity index is 1.84. The third-order valence-corrected chi connectivity index (χ3v) is 5.32. The first-order valence-corrected chi connectivity index (χ1v) is 10.6. The lowest BCUT2D eigenvalue weighted by atomic mass is 9.96. The Kier molecular flexibility index (Phi) is 8.43. The number of ether oxygens (including phenoxy) is 3. The van der Waals surface area contributed by atoms with Gasteiger partial charge in [-0.2, -0.15) is 0 Å². The molecule has 0 spiro atoms. The second-order valence-corrected chi connectivity index (χ2v) is 7.51. The van der Waals surface area contributed by atoms with Gasteiger partial charge in [-0.05, 0) is 29.7 Å². The number of aliphatic hydroxyl groups excluding tert-OH is 2. The van der Waals surface area contributed by atoms with Gasteiger partial charge in [0.2, 0.25) is 0 Å². The van der Waals surface area contributed by atoms with Crippen molar-refractivity contribution in [3.8, 4) is 28.4 Å². The average Bonchev–Trinajstić information content (AvgIpc) is 2.84. The van der Waals surface area contributed by atoms with E-state index in [-0.39, 0.29) is 18.9 Å². The molecule has 0 fully saturated rings. The number of carbonyl (C=O) groups is 1. The minimum atomic E-state index is -0.864. The largest absolute Gasteiger partial charge is 0.496 e. The number of methoxy groups -OCH3 is 2. The predicted molar refractivity (Wildman–Crippen MR) is 126 cm³/mol. The summed E-state index contributed by atoms with van der Waals surface area (Å²) in [7, 11) is 3.03. The van der Waals surface area contributed by atoms with E-state index in [1.807, 2.05) is 49.4 Å². The molecule has 0 aromatic heterocycles. The molecule has 3 rings (SSSR count). The third kappa shape index (κ3) is 5.90. The normalized spacial score (nSPS) is 11.7. The van der Waals surface area contributed by atoms with E-state index in [2.05, 4.69) is 5.32 Å². The van der Waals surface area contributed by atoms with Gasteiger partial charge in [-0.15, -0.1) is 0 Å². The van der Waals surface area contributed by atoms with Gasteiger partial charge in [0, 0.05) is 25.2 Å². The number of hydrogen-bond donors (Lipinski definition) is 3. The molecule has 0 aliphatic rings. The zero-order chi connectivity index (χ0) is 23.8. The molecule has 1 unspecified atom stereocenters. The molecule has 0 heterocycles. The summed E-state index contributed by atoms with van der Waals surface area (Å²) in [4.78, 5) is 13.0. The Labute approximate surface area is 193 Å². The van der Waals surface area contributed by atoms with Gasteiger partial charge in [0.05, 0.1) is 38.1 Å². The number of carbonyl (C=O) groups excluding carboxylic acids is 1.